The first-order valence-electron chi connectivity index (χ1n) is 11.3. The Kier molecular flexibility index (Phi) is 6.87. The summed E-state index contributed by atoms with van der Waals surface area (Å²) in [5, 5.41) is 5.22. The Morgan fingerprint density at radius 2 is 1.73 bits per heavy atom. The zero-order valence-corrected chi connectivity index (χ0v) is 20.5. The minimum atomic E-state index is -0.391. The molecule has 0 saturated carbocycles. The summed E-state index contributed by atoms with van der Waals surface area (Å²) in [6.07, 6.45) is 1.36. The van der Waals surface area contributed by atoms with E-state index in [9.17, 15) is 14.0 Å². The fourth-order valence-electron chi connectivity index (χ4n) is 3.78. The van der Waals surface area contributed by atoms with E-state index in [1.807, 2.05) is 29.6 Å². The fraction of sp³-hybridized carbons (Fsp3) is 0.0714. The highest BCUT2D eigenvalue weighted by molar-refractivity contribution is 7.13. The van der Waals surface area contributed by atoms with Crippen LogP contribution in [0.2, 0.25) is 0 Å². The number of thiazole rings is 1. The lowest BCUT2D eigenvalue weighted by molar-refractivity contribution is -0.116. The number of hydrogen-bond donors (Lipinski definition) is 1. The van der Waals surface area contributed by atoms with E-state index in [1.165, 1.54) is 34.4 Å². The number of benzene rings is 3. The van der Waals surface area contributed by atoms with Crippen LogP contribution >= 0.6 is 11.3 Å². The topological polar surface area (TPSA) is 86.1 Å². The summed E-state index contributed by atoms with van der Waals surface area (Å²) < 4.78 is 20.6. The van der Waals surface area contributed by atoms with Crippen molar-refractivity contribution >= 4 is 22.9 Å². The van der Waals surface area contributed by atoms with Gasteiger partial charge in [0.15, 0.2) is 0 Å². The Labute approximate surface area is 215 Å². The van der Waals surface area contributed by atoms with Gasteiger partial charge in [-0.3, -0.25) is 14.2 Å². The van der Waals surface area contributed by atoms with Gasteiger partial charge >= 0.3 is 0 Å². The highest BCUT2D eigenvalue weighted by atomic mass is 32.1. The zero-order chi connectivity index (χ0) is 25.8. The van der Waals surface area contributed by atoms with E-state index < -0.39 is 5.91 Å². The van der Waals surface area contributed by atoms with Crippen LogP contribution < -0.4 is 15.6 Å². The molecule has 2 aromatic heterocycles. The Bertz CT molecular complexity index is 1630. The van der Waals surface area contributed by atoms with Gasteiger partial charge in [-0.1, -0.05) is 30.3 Å². The van der Waals surface area contributed by atoms with Gasteiger partial charge in [-0.05, 0) is 42.5 Å². The molecule has 5 aromatic rings. The maximum Gasteiger partial charge on any atom is 0.254 e. The molecule has 1 amide bonds. The molecule has 0 spiro atoms. The predicted octanol–water partition coefficient (Wildman–Crippen LogP) is 5.49. The molecule has 0 atom stereocenters. The lowest BCUT2D eigenvalue weighted by Gasteiger charge is -2.11. The fourth-order valence-corrected chi connectivity index (χ4v) is 4.63. The first kappa shape index (κ1) is 24.1. The number of anilines is 1. The monoisotopic (exact) mass is 512 g/mol. The molecule has 1 N–H and O–H groups in total. The number of methoxy groups -OCH3 is 1. The summed E-state index contributed by atoms with van der Waals surface area (Å²) in [5.74, 6) is -0.0321. The molecular formula is C28H21FN4O3S. The first-order chi connectivity index (χ1) is 18.0. The van der Waals surface area contributed by atoms with E-state index in [-0.39, 0.29) is 17.9 Å². The SMILES string of the molecule is COc1ccc(-c2cc(=O)n(CC(=O)Nc3ccccc3-c3csc(-c4ccccc4F)n3)cn2)cc1. The van der Waals surface area contributed by atoms with Gasteiger partial charge < -0.3 is 10.1 Å². The standard InChI is InChI=1S/C28H21FN4O3S/c1-36-19-12-10-18(11-13-19)24-14-27(35)33(17-30-24)15-26(34)31-23-9-5-3-7-21(23)25-16-37-28(32-25)20-6-2-4-8-22(20)29/h2-14,16-17H,15H2,1H3,(H,31,34). The van der Waals surface area contributed by atoms with E-state index in [0.29, 0.717) is 39.0 Å². The van der Waals surface area contributed by atoms with Crippen LogP contribution in [0.3, 0.4) is 0 Å². The third-order valence-corrected chi connectivity index (χ3v) is 6.54. The van der Waals surface area contributed by atoms with Crippen LogP contribution in [0.25, 0.3) is 33.1 Å². The minimum Gasteiger partial charge on any atom is -0.497 e. The van der Waals surface area contributed by atoms with Crippen LogP contribution in [0.15, 0.2) is 95.4 Å². The number of rotatable bonds is 7. The van der Waals surface area contributed by atoms with Crippen LogP contribution in [-0.2, 0) is 11.3 Å². The van der Waals surface area contributed by atoms with E-state index in [2.05, 4.69) is 15.3 Å². The maximum atomic E-state index is 14.2. The van der Waals surface area contributed by atoms with Gasteiger partial charge in [0, 0.05) is 28.1 Å². The minimum absolute atomic E-state index is 0.208. The maximum absolute atomic E-state index is 14.2. The molecule has 0 unspecified atom stereocenters. The van der Waals surface area contributed by atoms with Crippen molar-refractivity contribution in [2.75, 3.05) is 12.4 Å². The summed E-state index contributed by atoms with van der Waals surface area (Å²) in [6, 6.07) is 22.3. The molecule has 0 bridgehead atoms. The second-order valence-electron chi connectivity index (χ2n) is 8.08. The number of para-hydroxylation sites is 1. The lowest BCUT2D eigenvalue weighted by atomic mass is 10.1. The third kappa shape index (κ3) is 5.31. The average Bonchev–Trinajstić information content (AvgIpc) is 3.40. The van der Waals surface area contributed by atoms with E-state index in [1.54, 1.807) is 49.6 Å². The Hall–Kier alpha value is -4.63. The number of carbonyl (C=O) groups is 1. The van der Waals surface area contributed by atoms with Crippen molar-refractivity contribution in [3.05, 3.63) is 107 Å². The van der Waals surface area contributed by atoms with Crippen LogP contribution in [0.5, 0.6) is 5.75 Å². The summed E-state index contributed by atoms with van der Waals surface area (Å²) in [7, 11) is 1.58. The summed E-state index contributed by atoms with van der Waals surface area (Å²) in [4.78, 5) is 34.4. The van der Waals surface area contributed by atoms with Crippen molar-refractivity contribution in [1.82, 2.24) is 14.5 Å². The summed E-state index contributed by atoms with van der Waals surface area (Å²) >= 11 is 1.32. The van der Waals surface area contributed by atoms with Crippen molar-refractivity contribution in [1.29, 1.82) is 0 Å². The molecule has 184 valence electrons. The Morgan fingerprint density at radius 1 is 1.00 bits per heavy atom. The molecule has 0 aliphatic rings. The Morgan fingerprint density at radius 3 is 2.46 bits per heavy atom. The van der Waals surface area contributed by atoms with Gasteiger partial charge in [0.1, 0.15) is 23.1 Å². The molecule has 0 fully saturated rings. The molecule has 7 nitrogen and oxygen atoms in total. The van der Waals surface area contributed by atoms with Crippen molar-refractivity contribution < 1.29 is 13.9 Å². The van der Waals surface area contributed by atoms with E-state index in [4.69, 9.17) is 4.74 Å². The molecule has 3 aromatic carbocycles. The number of nitrogens with one attached hydrogen (secondary N) is 1. The molecule has 0 aliphatic carbocycles. The average molecular weight is 513 g/mol. The molecule has 9 heteroatoms. The molecule has 0 saturated heterocycles. The number of nitrogens with zero attached hydrogens (tertiary/aromatic N) is 3. The van der Waals surface area contributed by atoms with Crippen LogP contribution in [0, 0.1) is 5.82 Å². The lowest BCUT2D eigenvalue weighted by Crippen LogP contribution is -2.27. The van der Waals surface area contributed by atoms with Crippen molar-refractivity contribution in [3.8, 4) is 38.8 Å². The largest absolute Gasteiger partial charge is 0.497 e. The molecule has 0 aliphatic heterocycles. The second kappa shape index (κ2) is 10.5. The highest BCUT2D eigenvalue weighted by Crippen LogP contribution is 2.33. The van der Waals surface area contributed by atoms with Crippen LogP contribution in [0.4, 0.5) is 10.1 Å². The number of ether oxygens (including phenoxy) is 1. The van der Waals surface area contributed by atoms with E-state index >= 15 is 0 Å². The Balaban J connectivity index is 1.33. The van der Waals surface area contributed by atoms with Crippen LogP contribution in [0.1, 0.15) is 0 Å². The van der Waals surface area contributed by atoms with Crippen molar-refractivity contribution in [2.45, 2.75) is 6.54 Å². The van der Waals surface area contributed by atoms with Crippen molar-refractivity contribution in [3.63, 3.8) is 0 Å². The third-order valence-electron chi connectivity index (χ3n) is 5.66. The summed E-state index contributed by atoms with van der Waals surface area (Å²) in [5.41, 5.74) is 3.18. The molecule has 0 radical (unpaired) electrons. The van der Waals surface area contributed by atoms with Gasteiger partial charge in [0.2, 0.25) is 5.91 Å². The smallest absolute Gasteiger partial charge is 0.254 e. The number of amides is 1. The number of carbonyl (C=O) groups excluding carboxylic acids is 1. The van der Waals surface area contributed by atoms with Gasteiger partial charge in [-0.15, -0.1) is 11.3 Å². The van der Waals surface area contributed by atoms with Gasteiger partial charge in [-0.25, -0.2) is 14.4 Å². The molecule has 2 heterocycles. The van der Waals surface area contributed by atoms with Crippen LogP contribution in [-0.4, -0.2) is 27.6 Å². The zero-order valence-electron chi connectivity index (χ0n) is 19.7. The quantitative estimate of drug-likeness (QED) is 0.312. The number of halogens is 1. The number of hydrogen-bond acceptors (Lipinski definition) is 6. The van der Waals surface area contributed by atoms with Gasteiger partial charge in [0.05, 0.1) is 30.5 Å². The first-order valence-corrected chi connectivity index (χ1v) is 12.2. The molecule has 5 rings (SSSR count). The van der Waals surface area contributed by atoms with Gasteiger partial charge in [0.25, 0.3) is 5.56 Å². The predicted molar refractivity (Wildman–Crippen MR) is 142 cm³/mol. The van der Waals surface area contributed by atoms with Crippen molar-refractivity contribution in [2.24, 2.45) is 0 Å². The normalized spacial score (nSPS) is 10.8. The summed E-state index contributed by atoms with van der Waals surface area (Å²) in [6.45, 7) is -0.208. The van der Waals surface area contributed by atoms with Gasteiger partial charge in [-0.2, -0.15) is 0 Å². The molecular weight excluding hydrogens is 491 g/mol. The second-order valence-corrected chi connectivity index (χ2v) is 8.94. The number of aromatic nitrogens is 3. The highest BCUT2D eigenvalue weighted by Gasteiger charge is 2.15. The van der Waals surface area contributed by atoms with E-state index in [0.717, 1.165) is 5.56 Å². The molecule has 37 heavy (non-hydrogen) atoms.